The third-order valence-corrected chi connectivity index (χ3v) is 5.41. The molecular formula is C23H25N5O3. The Kier molecular flexibility index (Phi) is 5.48. The fourth-order valence-electron chi connectivity index (χ4n) is 3.41. The van der Waals surface area contributed by atoms with Crippen molar-refractivity contribution in [1.29, 1.82) is 0 Å². The van der Waals surface area contributed by atoms with Crippen LogP contribution in [0.1, 0.15) is 19.4 Å². The molecule has 0 aliphatic carbocycles. The Morgan fingerprint density at radius 3 is 2.61 bits per heavy atom. The average Bonchev–Trinajstić information content (AvgIpc) is 3.41. The van der Waals surface area contributed by atoms with E-state index in [4.69, 9.17) is 4.74 Å². The first-order valence-corrected chi connectivity index (χ1v) is 10.0. The van der Waals surface area contributed by atoms with Gasteiger partial charge < -0.3 is 20.7 Å². The summed E-state index contributed by atoms with van der Waals surface area (Å²) in [5, 5.41) is 12.6. The van der Waals surface area contributed by atoms with Gasteiger partial charge in [-0.2, -0.15) is 0 Å². The minimum atomic E-state index is -0.636. The number of urea groups is 1. The van der Waals surface area contributed by atoms with Gasteiger partial charge in [0.05, 0.1) is 17.0 Å². The summed E-state index contributed by atoms with van der Waals surface area (Å²) in [7, 11) is 1.69. The van der Waals surface area contributed by atoms with Gasteiger partial charge in [0, 0.05) is 25.3 Å². The van der Waals surface area contributed by atoms with Crippen molar-refractivity contribution in [2.24, 2.45) is 0 Å². The van der Waals surface area contributed by atoms with E-state index in [9.17, 15) is 9.59 Å². The molecule has 1 saturated heterocycles. The average molecular weight is 419 g/mol. The zero-order chi connectivity index (χ0) is 22.0. The van der Waals surface area contributed by atoms with Crippen molar-refractivity contribution in [2.45, 2.75) is 25.5 Å². The van der Waals surface area contributed by atoms with Gasteiger partial charge in [-0.25, -0.2) is 9.48 Å². The number of benzene rings is 2. The lowest BCUT2D eigenvalue weighted by atomic mass is 9.95. The molecule has 4 rings (SSSR count). The Morgan fingerprint density at radius 1 is 1.16 bits per heavy atom. The maximum absolute atomic E-state index is 12.5. The standard InChI is InChI=1S/C23H25N5O3/c1-23(2,31-3)16-9-7-8-15(12-16)19-13-20(26-21(29)18-14-24-22(30)25-18)27-28(19)17-10-5-4-6-11-17/h4-13,18H,14H2,1-3H3,(H2,24,25,30)(H,26,27,29)/t18-/m0/s1. The highest BCUT2D eigenvalue weighted by molar-refractivity contribution is 5.98. The summed E-state index contributed by atoms with van der Waals surface area (Å²) in [5.74, 6) is 0.0817. The SMILES string of the molecule is COC(C)(C)c1cccc(-c2cc(NC(=O)[C@@H]3CNC(=O)N3)nn2-c2ccccc2)c1. The summed E-state index contributed by atoms with van der Waals surface area (Å²) in [6.07, 6.45) is 0. The Bertz CT molecular complexity index is 1110. The van der Waals surface area contributed by atoms with Crippen LogP contribution in [0.5, 0.6) is 0 Å². The van der Waals surface area contributed by atoms with Crippen LogP contribution < -0.4 is 16.0 Å². The maximum atomic E-state index is 12.5. The largest absolute Gasteiger partial charge is 0.374 e. The van der Waals surface area contributed by atoms with Crippen LogP contribution in [0.15, 0.2) is 60.7 Å². The Labute approximate surface area is 180 Å². The van der Waals surface area contributed by atoms with Crippen LogP contribution in [-0.4, -0.2) is 41.4 Å². The number of para-hydroxylation sites is 1. The van der Waals surface area contributed by atoms with Crippen molar-refractivity contribution in [3.8, 4) is 16.9 Å². The third-order valence-electron chi connectivity index (χ3n) is 5.41. The molecule has 160 valence electrons. The Hall–Kier alpha value is -3.65. The van der Waals surface area contributed by atoms with Gasteiger partial charge in [0.1, 0.15) is 6.04 Å². The fraction of sp³-hybridized carbons (Fsp3) is 0.261. The number of hydrogen-bond donors (Lipinski definition) is 3. The number of methoxy groups -OCH3 is 1. The lowest BCUT2D eigenvalue weighted by Crippen LogP contribution is -2.38. The molecule has 1 aromatic heterocycles. The maximum Gasteiger partial charge on any atom is 0.315 e. The topological polar surface area (TPSA) is 97.3 Å². The van der Waals surface area contributed by atoms with Crippen LogP contribution in [0.2, 0.25) is 0 Å². The summed E-state index contributed by atoms with van der Waals surface area (Å²) in [5.41, 5.74) is 3.21. The number of ether oxygens (including phenoxy) is 1. The van der Waals surface area contributed by atoms with Crippen molar-refractivity contribution in [3.63, 3.8) is 0 Å². The van der Waals surface area contributed by atoms with Crippen LogP contribution in [0.3, 0.4) is 0 Å². The second-order valence-electron chi connectivity index (χ2n) is 7.85. The van der Waals surface area contributed by atoms with Gasteiger partial charge in [-0.3, -0.25) is 4.79 Å². The van der Waals surface area contributed by atoms with Gasteiger partial charge in [0.2, 0.25) is 5.91 Å². The molecule has 31 heavy (non-hydrogen) atoms. The number of amides is 3. The second-order valence-corrected chi connectivity index (χ2v) is 7.85. The molecule has 0 saturated carbocycles. The molecule has 3 N–H and O–H groups in total. The lowest BCUT2D eigenvalue weighted by molar-refractivity contribution is -0.117. The molecule has 3 aromatic rings. The number of aromatic nitrogens is 2. The summed E-state index contributed by atoms with van der Waals surface area (Å²) >= 11 is 0. The van der Waals surface area contributed by atoms with Crippen LogP contribution in [0.25, 0.3) is 16.9 Å². The Morgan fingerprint density at radius 2 is 1.94 bits per heavy atom. The molecule has 1 fully saturated rings. The van der Waals surface area contributed by atoms with Gasteiger partial charge in [0.15, 0.2) is 5.82 Å². The van der Waals surface area contributed by atoms with Crippen LogP contribution in [0.4, 0.5) is 10.6 Å². The molecule has 0 radical (unpaired) electrons. The van der Waals surface area contributed by atoms with Gasteiger partial charge in [0.25, 0.3) is 0 Å². The van der Waals surface area contributed by atoms with Crippen LogP contribution >= 0.6 is 0 Å². The zero-order valence-electron chi connectivity index (χ0n) is 17.7. The lowest BCUT2D eigenvalue weighted by Gasteiger charge is -2.24. The van der Waals surface area contributed by atoms with Crippen LogP contribution in [0, 0.1) is 0 Å². The molecule has 2 heterocycles. The van der Waals surface area contributed by atoms with Gasteiger partial charge in [-0.05, 0) is 37.6 Å². The smallest absolute Gasteiger partial charge is 0.315 e. The van der Waals surface area contributed by atoms with Gasteiger partial charge in [-0.15, -0.1) is 5.10 Å². The number of anilines is 1. The fourth-order valence-corrected chi connectivity index (χ4v) is 3.41. The second kappa shape index (κ2) is 8.23. The van der Waals surface area contributed by atoms with Crippen molar-refractivity contribution < 1.29 is 14.3 Å². The van der Waals surface area contributed by atoms with E-state index in [0.717, 1.165) is 22.5 Å². The molecule has 1 atom stereocenters. The minimum absolute atomic E-state index is 0.241. The molecule has 0 unspecified atom stereocenters. The number of rotatable bonds is 6. The summed E-state index contributed by atoms with van der Waals surface area (Å²) in [6, 6.07) is 18.6. The van der Waals surface area contributed by atoms with Crippen molar-refractivity contribution >= 4 is 17.8 Å². The van der Waals surface area contributed by atoms with E-state index < -0.39 is 11.6 Å². The number of nitrogens with one attached hydrogen (secondary N) is 3. The molecule has 0 bridgehead atoms. The van der Waals surface area contributed by atoms with E-state index in [2.05, 4.69) is 27.1 Å². The van der Waals surface area contributed by atoms with E-state index in [1.54, 1.807) is 11.8 Å². The van der Waals surface area contributed by atoms with Crippen molar-refractivity contribution in [3.05, 3.63) is 66.2 Å². The summed E-state index contributed by atoms with van der Waals surface area (Å²) < 4.78 is 7.42. The molecule has 2 aromatic carbocycles. The molecule has 1 aliphatic rings. The highest BCUT2D eigenvalue weighted by atomic mass is 16.5. The quantitative estimate of drug-likeness (QED) is 0.572. The minimum Gasteiger partial charge on any atom is -0.374 e. The van der Waals surface area contributed by atoms with E-state index >= 15 is 0 Å². The number of nitrogens with zero attached hydrogens (tertiary/aromatic N) is 2. The predicted octanol–water partition coefficient (Wildman–Crippen LogP) is 3.04. The zero-order valence-corrected chi connectivity index (χ0v) is 17.7. The number of carbonyl (C=O) groups is 2. The van der Waals surface area contributed by atoms with E-state index in [0.29, 0.717) is 5.82 Å². The molecule has 8 heteroatoms. The van der Waals surface area contributed by atoms with E-state index in [1.165, 1.54) is 0 Å². The van der Waals surface area contributed by atoms with E-state index in [1.807, 2.05) is 68.4 Å². The van der Waals surface area contributed by atoms with Crippen LogP contribution in [-0.2, 0) is 15.1 Å². The molecule has 8 nitrogen and oxygen atoms in total. The molecule has 0 spiro atoms. The number of carbonyl (C=O) groups excluding carboxylic acids is 2. The molecule has 3 amide bonds. The number of hydrogen-bond acceptors (Lipinski definition) is 4. The monoisotopic (exact) mass is 419 g/mol. The van der Waals surface area contributed by atoms with Gasteiger partial charge >= 0.3 is 6.03 Å². The first kappa shape index (κ1) is 20.6. The summed E-state index contributed by atoms with van der Waals surface area (Å²) in [6.45, 7) is 4.26. The van der Waals surface area contributed by atoms with Gasteiger partial charge in [-0.1, -0.05) is 36.4 Å². The molecule has 1 aliphatic heterocycles. The van der Waals surface area contributed by atoms with Crippen molar-refractivity contribution in [2.75, 3.05) is 19.0 Å². The highest BCUT2D eigenvalue weighted by Gasteiger charge is 2.28. The summed E-state index contributed by atoms with van der Waals surface area (Å²) in [4.78, 5) is 23.9. The van der Waals surface area contributed by atoms with E-state index in [-0.39, 0.29) is 18.5 Å². The first-order valence-electron chi connectivity index (χ1n) is 10.0. The third kappa shape index (κ3) is 4.29. The van der Waals surface area contributed by atoms with Crippen molar-refractivity contribution in [1.82, 2.24) is 20.4 Å². The molecular weight excluding hydrogens is 394 g/mol. The predicted molar refractivity (Wildman–Crippen MR) is 118 cm³/mol. The highest BCUT2D eigenvalue weighted by Crippen LogP contribution is 2.31. The normalized spacial score (nSPS) is 16.0. The first-order chi connectivity index (χ1) is 14.9. The Balaban J connectivity index is 1.72.